The highest BCUT2D eigenvalue weighted by atomic mass is 16.6. The average Bonchev–Trinajstić information content (AvgIpc) is 3.40. The molecule has 2 aromatic carbocycles. The summed E-state index contributed by atoms with van der Waals surface area (Å²) < 4.78 is 5.36. The van der Waals surface area contributed by atoms with Gasteiger partial charge >= 0.3 is 6.09 Å². The molecule has 0 bridgehead atoms. The third-order valence-electron chi connectivity index (χ3n) is 8.59. The fourth-order valence-corrected chi connectivity index (χ4v) is 6.37. The van der Waals surface area contributed by atoms with Crippen molar-refractivity contribution in [3.05, 3.63) is 71.8 Å². The summed E-state index contributed by atoms with van der Waals surface area (Å²) >= 11 is 0. The molecule has 4 rings (SSSR count). The molecule has 2 saturated heterocycles. The summed E-state index contributed by atoms with van der Waals surface area (Å²) in [5, 5.41) is 12.2. The molecule has 244 valence electrons. The van der Waals surface area contributed by atoms with Gasteiger partial charge in [0.25, 0.3) is 0 Å². The number of hydrogen-bond donors (Lipinski definition) is 4. The Morgan fingerprint density at radius 3 is 2.04 bits per heavy atom. The maximum atomic E-state index is 14.4. The van der Waals surface area contributed by atoms with Crippen LogP contribution in [0.15, 0.2) is 60.7 Å². The Morgan fingerprint density at radius 1 is 0.889 bits per heavy atom. The van der Waals surface area contributed by atoms with Crippen molar-refractivity contribution >= 4 is 23.8 Å². The van der Waals surface area contributed by atoms with Crippen LogP contribution in [-0.4, -0.2) is 71.6 Å². The lowest BCUT2D eigenvalue weighted by molar-refractivity contribution is -0.143. The summed E-state index contributed by atoms with van der Waals surface area (Å²) in [5.41, 5.74) is 1.19. The lowest BCUT2D eigenvalue weighted by atomic mass is 9.92. The van der Waals surface area contributed by atoms with Crippen LogP contribution < -0.4 is 21.3 Å². The Hall–Kier alpha value is -3.92. The van der Waals surface area contributed by atoms with Crippen LogP contribution in [0.2, 0.25) is 0 Å². The average molecular weight is 620 g/mol. The molecule has 0 aliphatic carbocycles. The van der Waals surface area contributed by atoms with Crippen molar-refractivity contribution in [2.75, 3.05) is 13.1 Å². The van der Waals surface area contributed by atoms with Crippen molar-refractivity contribution in [1.82, 2.24) is 26.2 Å². The molecule has 4 unspecified atom stereocenters. The Bertz CT molecular complexity index is 1260. The zero-order chi connectivity index (χ0) is 32.6. The molecule has 4 amide bonds. The minimum atomic E-state index is -0.873. The fourth-order valence-electron chi connectivity index (χ4n) is 6.37. The number of benzene rings is 2. The van der Waals surface area contributed by atoms with E-state index in [9.17, 15) is 19.2 Å². The molecule has 5 atom stereocenters. The number of amides is 4. The Balaban J connectivity index is 1.56. The molecule has 4 N–H and O–H groups in total. The first-order valence-corrected chi connectivity index (χ1v) is 16.2. The number of nitrogens with zero attached hydrogens (tertiary/aromatic N) is 1. The van der Waals surface area contributed by atoms with Crippen LogP contribution in [0.5, 0.6) is 0 Å². The highest BCUT2D eigenvalue weighted by Crippen LogP contribution is 2.35. The fraction of sp³-hybridized carbons (Fsp3) is 0.543. The number of fused-ring (bicyclic) bond motifs is 1. The first kappa shape index (κ1) is 34.0. The van der Waals surface area contributed by atoms with Crippen molar-refractivity contribution in [2.45, 2.75) is 103 Å². The number of rotatable bonds is 11. The van der Waals surface area contributed by atoms with Gasteiger partial charge in [0.2, 0.25) is 17.7 Å². The van der Waals surface area contributed by atoms with Gasteiger partial charge in [-0.1, -0.05) is 74.5 Å². The standard InChI is InChI=1S/C35H49N5O5/c1-6-27(37-34(44)45-35(3,4)5)31(41)39-30-25(22-36-7-2)18-19-26-20-21-28(40(26)33(30)43)32(42)38-29(23-14-10-8-11-15-23)24-16-12-9-13-17-24/h8-17,25-30,36H,6-7,18-22H2,1-5H3,(H,37,44)(H,38,42)(H,39,41)/t25?,26?,27-,28?,30?/m0/s1. The Kier molecular flexibility index (Phi) is 11.6. The number of ether oxygens (including phenoxy) is 1. The third kappa shape index (κ3) is 8.84. The molecule has 2 fully saturated rings. The summed E-state index contributed by atoms with van der Waals surface area (Å²) in [6.07, 6.45) is 2.36. The molecular formula is C35H49N5O5. The van der Waals surface area contributed by atoms with E-state index in [1.165, 1.54) is 0 Å². The smallest absolute Gasteiger partial charge is 0.408 e. The highest BCUT2D eigenvalue weighted by Gasteiger charge is 2.48. The lowest BCUT2D eigenvalue weighted by Crippen LogP contribution is -2.59. The molecule has 10 heteroatoms. The predicted molar refractivity (Wildman–Crippen MR) is 173 cm³/mol. The van der Waals surface area contributed by atoms with Gasteiger partial charge in [-0.05, 0) is 70.5 Å². The van der Waals surface area contributed by atoms with Gasteiger partial charge in [0.05, 0.1) is 6.04 Å². The van der Waals surface area contributed by atoms with Gasteiger partial charge < -0.3 is 30.9 Å². The van der Waals surface area contributed by atoms with Crippen LogP contribution in [0.3, 0.4) is 0 Å². The summed E-state index contributed by atoms with van der Waals surface area (Å²) in [5.74, 6) is -1.09. The third-order valence-corrected chi connectivity index (χ3v) is 8.59. The van der Waals surface area contributed by atoms with Crippen molar-refractivity contribution < 1.29 is 23.9 Å². The quantitative estimate of drug-likeness (QED) is 0.300. The van der Waals surface area contributed by atoms with Crippen LogP contribution in [-0.2, 0) is 19.1 Å². The normalized spacial score (nSPS) is 22.3. The molecule has 2 aliphatic rings. The number of carbonyl (C=O) groups excluding carboxylic acids is 4. The minimum Gasteiger partial charge on any atom is -0.444 e. The summed E-state index contributed by atoms with van der Waals surface area (Å²) in [6.45, 7) is 10.3. The van der Waals surface area contributed by atoms with Crippen LogP contribution >= 0.6 is 0 Å². The van der Waals surface area contributed by atoms with Crippen molar-refractivity contribution in [1.29, 1.82) is 0 Å². The molecule has 2 heterocycles. The summed E-state index contributed by atoms with van der Waals surface area (Å²) in [4.78, 5) is 56.1. The van der Waals surface area contributed by atoms with Gasteiger partial charge in [-0.3, -0.25) is 14.4 Å². The largest absolute Gasteiger partial charge is 0.444 e. The highest BCUT2D eigenvalue weighted by molar-refractivity contribution is 5.95. The van der Waals surface area contributed by atoms with Gasteiger partial charge in [-0.25, -0.2) is 4.79 Å². The van der Waals surface area contributed by atoms with E-state index in [0.717, 1.165) is 30.5 Å². The van der Waals surface area contributed by atoms with E-state index in [1.807, 2.05) is 67.6 Å². The summed E-state index contributed by atoms with van der Waals surface area (Å²) in [7, 11) is 0. The number of carbonyl (C=O) groups is 4. The molecule has 0 spiro atoms. The molecule has 2 aliphatic heterocycles. The maximum absolute atomic E-state index is 14.4. The number of nitrogens with one attached hydrogen (secondary N) is 4. The lowest BCUT2D eigenvalue weighted by Gasteiger charge is -2.33. The molecular weight excluding hydrogens is 570 g/mol. The number of alkyl carbamates (subject to hydrolysis) is 1. The van der Waals surface area contributed by atoms with Crippen molar-refractivity contribution in [3.8, 4) is 0 Å². The van der Waals surface area contributed by atoms with E-state index in [4.69, 9.17) is 4.74 Å². The van der Waals surface area contributed by atoms with Crippen LogP contribution in [0.1, 0.15) is 83.9 Å². The second-order valence-electron chi connectivity index (χ2n) is 13.0. The van der Waals surface area contributed by atoms with E-state index in [2.05, 4.69) is 21.3 Å². The van der Waals surface area contributed by atoms with Gasteiger partial charge in [0, 0.05) is 18.5 Å². The second-order valence-corrected chi connectivity index (χ2v) is 13.0. The zero-order valence-electron chi connectivity index (χ0n) is 27.2. The molecule has 45 heavy (non-hydrogen) atoms. The Morgan fingerprint density at radius 2 is 1.49 bits per heavy atom. The minimum absolute atomic E-state index is 0.0898. The molecule has 2 aromatic rings. The maximum Gasteiger partial charge on any atom is 0.408 e. The van der Waals surface area contributed by atoms with E-state index in [0.29, 0.717) is 25.8 Å². The molecule has 0 saturated carbocycles. The van der Waals surface area contributed by atoms with Crippen LogP contribution in [0.25, 0.3) is 0 Å². The topological polar surface area (TPSA) is 129 Å². The zero-order valence-corrected chi connectivity index (χ0v) is 27.2. The van der Waals surface area contributed by atoms with Crippen LogP contribution in [0.4, 0.5) is 4.79 Å². The Labute approximate surface area is 267 Å². The van der Waals surface area contributed by atoms with E-state index < -0.39 is 35.7 Å². The summed E-state index contributed by atoms with van der Waals surface area (Å²) in [6, 6.07) is 16.8. The van der Waals surface area contributed by atoms with Crippen molar-refractivity contribution in [2.24, 2.45) is 5.92 Å². The SMILES string of the molecule is CCNCC1CCC2CCC(C(=O)NC(c3ccccc3)c3ccccc3)N2C(=O)C1NC(=O)[C@H](CC)NC(=O)OC(C)(C)C. The van der Waals surface area contributed by atoms with Crippen molar-refractivity contribution in [3.63, 3.8) is 0 Å². The van der Waals surface area contributed by atoms with Crippen LogP contribution in [0, 0.1) is 5.92 Å². The molecule has 10 nitrogen and oxygen atoms in total. The number of hydrogen-bond acceptors (Lipinski definition) is 6. The van der Waals surface area contributed by atoms with E-state index in [1.54, 1.807) is 32.6 Å². The second kappa shape index (κ2) is 15.4. The van der Waals surface area contributed by atoms with E-state index in [-0.39, 0.29) is 29.8 Å². The van der Waals surface area contributed by atoms with E-state index >= 15 is 0 Å². The van der Waals surface area contributed by atoms with Gasteiger partial charge in [-0.2, -0.15) is 0 Å². The molecule has 0 radical (unpaired) electrons. The molecule has 0 aromatic heterocycles. The van der Waals surface area contributed by atoms with Gasteiger partial charge in [0.1, 0.15) is 23.7 Å². The first-order valence-electron chi connectivity index (χ1n) is 16.2. The van der Waals surface area contributed by atoms with Gasteiger partial charge in [-0.15, -0.1) is 0 Å². The first-order chi connectivity index (χ1) is 21.5. The van der Waals surface area contributed by atoms with Gasteiger partial charge in [0.15, 0.2) is 0 Å². The predicted octanol–water partition coefficient (Wildman–Crippen LogP) is 4.06. The monoisotopic (exact) mass is 619 g/mol.